The van der Waals surface area contributed by atoms with Gasteiger partial charge in [-0.05, 0) is 37.1 Å². The van der Waals surface area contributed by atoms with Gasteiger partial charge in [-0.25, -0.2) is 4.98 Å². The summed E-state index contributed by atoms with van der Waals surface area (Å²) >= 11 is 0. The predicted octanol–water partition coefficient (Wildman–Crippen LogP) is 2.69. The number of aryl methyl sites for hydroxylation is 2. The Bertz CT molecular complexity index is 809. The maximum atomic E-state index is 5.37. The van der Waals surface area contributed by atoms with Gasteiger partial charge in [-0.15, -0.1) is 0 Å². The number of fused-ring (bicyclic) bond motifs is 1. The Morgan fingerprint density at radius 2 is 1.95 bits per heavy atom. The number of ether oxygens (including phenoxy) is 1. The third kappa shape index (κ3) is 2.18. The Balaban J connectivity index is 2.29. The average molecular weight is 283 g/mol. The summed E-state index contributed by atoms with van der Waals surface area (Å²) in [6.45, 7) is 4.07. The summed E-state index contributed by atoms with van der Waals surface area (Å²) in [7, 11) is 3.48. The van der Waals surface area contributed by atoms with Crippen molar-refractivity contribution in [2.24, 2.45) is 0 Å². The lowest BCUT2D eigenvalue weighted by molar-refractivity contribution is 0.411. The van der Waals surface area contributed by atoms with Crippen LogP contribution in [0.2, 0.25) is 0 Å². The Kier molecular flexibility index (Phi) is 3.21. The van der Waals surface area contributed by atoms with Crippen molar-refractivity contribution in [3.05, 3.63) is 29.5 Å². The van der Waals surface area contributed by atoms with Gasteiger partial charge in [0.2, 0.25) is 5.95 Å². The van der Waals surface area contributed by atoms with E-state index in [0.29, 0.717) is 5.95 Å². The lowest BCUT2D eigenvalue weighted by Gasteiger charge is -2.12. The lowest BCUT2D eigenvalue weighted by atomic mass is 10.00. The molecule has 2 N–H and O–H groups in total. The normalized spacial score (nSPS) is 10.9. The van der Waals surface area contributed by atoms with Crippen LogP contribution >= 0.6 is 0 Å². The number of aromatic nitrogens is 4. The second-order valence-corrected chi connectivity index (χ2v) is 4.91. The fraction of sp³-hybridized carbons (Fsp3) is 0.267. The van der Waals surface area contributed by atoms with Gasteiger partial charge in [0.15, 0.2) is 5.65 Å². The highest BCUT2D eigenvalue weighted by atomic mass is 16.5. The van der Waals surface area contributed by atoms with Crippen LogP contribution in [0.25, 0.3) is 22.3 Å². The van der Waals surface area contributed by atoms with Gasteiger partial charge in [-0.3, -0.25) is 5.10 Å². The molecule has 0 aliphatic rings. The SMILES string of the molecule is CNc1nc(-c2cc(C)c(OC)cc2C)c2cn[nH]c2n1. The molecular weight excluding hydrogens is 266 g/mol. The van der Waals surface area contributed by atoms with Gasteiger partial charge in [-0.2, -0.15) is 10.1 Å². The van der Waals surface area contributed by atoms with E-state index in [1.54, 1.807) is 20.4 Å². The summed E-state index contributed by atoms with van der Waals surface area (Å²) in [6.07, 6.45) is 1.75. The first-order chi connectivity index (χ1) is 10.1. The molecule has 0 radical (unpaired) electrons. The molecular formula is C15H17N5O. The van der Waals surface area contributed by atoms with E-state index in [1.807, 2.05) is 19.9 Å². The summed E-state index contributed by atoms with van der Waals surface area (Å²) in [5.41, 5.74) is 4.80. The molecule has 21 heavy (non-hydrogen) atoms. The highest BCUT2D eigenvalue weighted by Gasteiger charge is 2.14. The largest absolute Gasteiger partial charge is 0.496 e. The van der Waals surface area contributed by atoms with Crippen LogP contribution < -0.4 is 10.1 Å². The molecule has 0 aliphatic heterocycles. The number of aromatic amines is 1. The number of H-pyrrole nitrogens is 1. The van der Waals surface area contributed by atoms with Crippen LogP contribution in [0.15, 0.2) is 18.3 Å². The quantitative estimate of drug-likeness (QED) is 0.773. The molecule has 2 aromatic heterocycles. The minimum Gasteiger partial charge on any atom is -0.496 e. The maximum absolute atomic E-state index is 5.37. The number of anilines is 1. The minimum absolute atomic E-state index is 0.564. The fourth-order valence-corrected chi connectivity index (χ4v) is 2.42. The molecule has 3 rings (SSSR count). The Hall–Kier alpha value is -2.63. The molecule has 0 saturated heterocycles. The molecule has 0 aliphatic carbocycles. The molecule has 0 bridgehead atoms. The second-order valence-electron chi connectivity index (χ2n) is 4.91. The van der Waals surface area contributed by atoms with E-state index in [1.165, 1.54) is 0 Å². The molecule has 6 nitrogen and oxygen atoms in total. The lowest BCUT2D eigenvalue weighted by Crippen LogP contribution is -2.00. The number of nitrogens with zero attached hydrogens (tertiary/aromatic N) is 3. The van der Waals surface area contributed by atoms with Gasteiger partial charge in [0.25, 0.3) is 0 Å². The first-order valence-corrected chi connectivity index (χ1v) is 6.68. The highest BCUT2D eigenvalue weighted by Crippen LogP contribution is 2.32. The van der Waals surface area contributed by atoms with Gasteiger partial charge in [0.1, 0.15) is 5.75 Å². The molecule has 0 atom stereocenters. The molecule has 0 saturated carbocycles. The van der Waals surface area contributed by atoms with Crippen LogP contribution in [-0.4, -0.2) is 34.3 Å². The van der Waals surface area contributed by atoms with Crippen molar-refractivity contribution in [2.75, 3.05) is 19.5 Å². The van der Waals surface area contributed by atoms with Crippen LogP contribution in [0.4, 0.5) is 5.95 Å². The van der Waals surface area contributed by atoms with Gasteiger partial charge in [0.05, 0.1) is 24.4 Å². The van der Waals surface area contributed by atoms with Crippen molar-refractivity contribution < 1.29 is 4.74 Å². The second kappa shape index (κ2) is 5.05. The van der Waals surface area contributed by atoms with E-state index in [-0.39, 0.29) is 0 Å². The van der Waals surface area contributed by atoms with E-state index in [0.717, 1.165) is 39.2 Å². The number of hydrogen-bond acceptors (Lipinski definition) is 5. The fourth-order valence-electron chi connectivity index (χ4n) is 2.42. The van der Waals surface area contributed by atoms with Crippen LogP contribution in [0, 0.1) is 13.8 Å². The molecule has 108 valence electrons. The summed E-state index contributed by atoms with van der Waals surface area (Å²) in [5.74, 6) is 1.44. The van der Waals surface area contributed by atoms with Crippen molar-refractivity contribution in [3.63, 3.8) is 0 Å². The van der Waals surface area contributed by atoms with E-state index >= 15 is 0 Å². The van der Waals surface area contributed by atoms with E-state index in [9.17, 15) is 0 Å². The summed E-state index contributed by atoms with van der Waals surface area (Å²) < 4.78 is 5.37. The van der Waals surface area contributed by atoms with Gasteiger partial charge >= 0.3 is 0 Å². The molecule has 2 heterocycles. The van der Waals surface area contributed by atoms with Crippen molar-refractivity contribution in [3.8, 4) is 17.0 Å². The predicted molar refractivity (Wildman–Crippen MR) is 82.7 cm³/mol. The van der Waals surface area contributed by atoms with E-state index < -0.39 is 0 Å². The van der Waals surface area contributed by atoms with Crippen LogP contribution in [0.5, 0.6) is 5.75 Å². The number of rotatable bonds is 3. The van der Waals surface area contributed by atoms with Crippen molar-refractivity contribution >= 4 is 17.0 Å². The van der Waals surface area contributed by atoms with Crippen LogP contribution in [0.1, 0.15) is 11.1 Å². The molecule has 1 aromatic carbocycles. The topological polar surface area (TPSA) is 75.7 Å². The average Bonchev–Trinajstić information content (AvgIpc) is 2.96. The van der Waals surface area contributed by atoms with Gasteiger partial charge in [0, 0.05) is 12.6 Å². The first-order valence-electron chi connectivity index (χ1n) is 6.68. The number of hydrogen-bond donors (Lipinski definition) is 2. The van der Waals surface area contributed by atoms with E-state index in [4.69, 9.17) is 4.74 Å². The van der Waals surface area contributed by atoms with Crippen LogP contribution in [-0.2, 0) is 0 Å². The Morgan fingerprint density at radius 3 is 2.67 bits per heavy atom. The molecule has 0 fully saturated rings. The van der Waals surface area contributed by atoms with Crippen molar-refractivity contribution in [1.29, 1.82) is 0 Å². The third-order valence-electron chi connectivity index (χ3n) is 3.53. The van der Waals surface area contributed by atoms with Crippen molar-refractivity contribution in [1.82, 2.24) is 20.2 Å². The number of methoxy groups -OCH3 is 1. The van der Waals surface area contributed by atoms with Crippen LogP contribution in [0.3, 0.4) is 0 Å². The molecule has 3 aromatic rings. The maximum Gasteiger partial charge on any atom is 0.225 e. The summed E-state index contributed by atoms with van der Waals surface area (Å²) in [6, 6.07) is 4.11. The zero-order valence-electron chi connectivity index (χ0n) is 12.5. The third-order valence-corrected chi connectivity index (χ3v) is 3.53. The Morgan fingerprint density at radius 1 is 1.14 bits per heavy atom. The summed E-state index contributed by atoms with van der Waals surface area (Å²) in [4.78, 5) is 8.96. The van der Waals surface area contributed by atoms with E-state index in [2.05, 4.69) is 31.5 Å². The van der Waals surface area contributed by atoms with Crippen molar-refractivity contribution in [2.45, 2.75) is 13.8 Å². The Labute approximate surface area is 122 Å². The molecule has 0 amide bonds. The first kappa shape index (κ1) is 13.4. The highest BCUT2D eigenvalue weighted by molar-refractivity contribution is 5.91. The van der Waals surface area contributed by atoms with Gasteiger partial charge in [-0.1, -0.05) is 0 Å². The number of benzene rings is 1. The standard InChI is InChI=1S/C15H17N5O/c1-8-6-12(21-4)9(2)5-10(8)13-11-7-17-20-14(11)19-15(16-3)18-13/h5-7H,1-4H3,(H2,16,17,18,19,20). The molecule has 6 heteroatoms. The molecule has 0 unspecified atom stereocenters. The zero-order chi connectivity index (χ0) is 15.0. The smallest absolute Gasteiger partial charge is 0.225 e. The number of nitrogens with one attached hydrogen (secondary N) is 2. The zero-order valence-corrected chi connectivity index (χ0v) is 12.5. The van der Waals surface area contributed by atoms with Gasteiger partial charge < -0.3 is 10.1 Å². The molecule has 0 spiro atoms. The minimum atomic E-state index is 0.564. The summed E-state index contributed by atoms with van der Waals surface area (Å²) in [5, 5.41) is 10.8. The monoisotopic (exact) mass is 283 g/mol.